The van der Waals surface area contributed by atoms with Gasteiger partial charge in [0.05, 0.1) is 0 Å². The van der Waals surface area contributed by atoms with E-state index in [1.165, 1.54) is 32.4 Å². The van der Waals surface area contributed by atoms with E-state index in [1.807, 2.05) is 0 Å². The Hall–Kier alpha value is -0.370. The van der Waals surface area contributed by atoms with Crippen LogP contribution in [0.1, 0.15) is 39.5 Å². The summed E-state index contributed by atoms with van der Waals surface area (Å²) in [5, 5.41) is 0. The molecule has 0 saturated carbocycles. The van der Waals surface area contributed by atoms with Crippen molar-refractivity contribution >= 4 is 5.78 Å². The lowest BCUT2D eigenvalue weighted by molar-refractivity contribution is -0.117. The van der Waals surface area contributed by atoms with Crippen LogP contribution in [0.15, 0.2) is 0 Å². The number of hydrogen-bond donors (Lipinski definition) is 0. The van der Waals surface area contributed by atoms with Crippen molar-refractivity contribution in [1.82, 2.24) is 4.90 Å². The molecule has 1 rings (SSSR count). The van der Waals surface area contributed by atoms with Gasteiger partial charge in [-0.25, -0.2) is 0 Å². The number of rotatable bonds is 4. The van der Waals surface area contributed by atoms with Crippen molar-refractivity contribution in [3.63, 3.8) is 0 Å². The summed E-state index contributed by atoms with van der Waals surface area (Å²) in [5.74, 6) is 1.26. The van der Waals surface area contributed by atoms with Crippen LogP contribution in [0.4, 0.5) is 0 Å². The van der Waals surface area contributed by atoms with Gasteiger partial charge in [-0.2, -0.15) is 0 Å². The number of nitrogens with zero attached hydrogens (tertiary/aromatic N) is 1. The average Bonchev–Trinajstić information content (AvgIpc) is 2.15. The first-order valence-electron chi connectivity index (χ1n) is 5.44. The van der Waals surface area contributed by atoms with Crippen molar-refractivity contribution in [2.24, 2.45) is 5.92 Å². The highest BCUT2D eigenvalue weighted by Gasteiger charge is 2.17. The van der Waals surface area contributed by atoms with Crippen molar-refractivity contribution < 1.29 is 4.79 Å². The molecule has 2 nitrogen and oxygen atoms in total. The van der Waals surface area contributed by atoms with E-state index in [0.717, 1.165) is 18.9 Å². The molecule has 0 N–H and O–H groups in total. The Bertz CT molecular complexity index is 159. The molecule has 0 atom stereocenters. The second-order valence-corrected chi connectivity index (χ2v) is 4.15. The lowest BCUT2D eigenvalue weighted by atomic mass is 9.94. The predicted molar refractivity (Wildman–Crippen MR) is 54.8 cm³/mol. The largest absolute Gasteiger partial charge is 0.303 e. The van der Waals surface area contributed by atoms with Crippen LogP contribution in [-0.2, 0) is 4.79 Å². The molecule has 76 valence electrons. The van der Waals surface area contributed by atoms with Gasteiger partial charge in [0.2, 0.25) is 0 Å². The van der Waals surface area contributed by atoms with Crippen molar-refractivity contribution in [3.8, 4) is 0 Å². The summed E-state index contributed by atoms with van der Waals surface area (Å²) in [6.07, 6.45) is 4.71. The summed E-state index contributed by atoms with van der Waals surface area (Å²) < 4.78 is 0. The molecular weight excluding hydrogens is 162 g/mol. The molecule has 0 radical (unpaired) electrons. The second kappa shape index (κ2) is 5.38. The fourth-order valence-corrected chi connectivity index (χ4v) is 1.93. The van der Waals surface area contributed by atoms with E-state index < -0.39 is 0 Å². The van der Waals surface area contributed by atoms with E-state index in [9.17, 15) is 4.79 Å². The zero-order chi connectivity index (χ0) is 9.68. The van der Waals surface area contributed by atoms with Crippen LogP contribution in [-0.4, -0.2) is 30.3 Å². The topological polar surface area (TPSA) is 20.3 Å². The minimum absolute atomic E-state index is 0.317. The van der Waals surface area contributed by atoms with Crippen molar-refractivity contribution in [2.45, 2.75) is 39.5 Å². The molecule has 0 amide bonds. The maximum Gasteiger partial charge on any atom is 0.131 e. The minimum Gasteiger partial charge on any atom is -0.303 e. The molecule has 2 heteroatoms. The highest BCUT2D eigenvalue weighted by molar-refractivity contribution is 5.75. The van der Waals surface area contributed by atoms with E-state index in [0.29, 0.717) is 5.78 Å². The summed E-state index contributed by atoms with van der Waals surface area (Å²) in [6.45, 7) is 7.33. The fraction of sp³-hybridized carbons (Fsp3) is 0.909. The Kier molecular flexibility index (Phi) is 4.43. The monoisotopic (exact) mass is 183 g/mol. The zero-order valence-electron chi connectivity index (χ0n) is 8.88. The van der Waals surface area contributed by atoms with Gasteiger partial charge in [-0.05, 0) is 38.8 Å². The van der Waals surface area contributed by atoms with E-state index >= 15 is 0 Å². The summed E-state index contributed by atoms with van der Waals surface area (Å²) in [7, 11) is 0. The van der Waals surface area contributed by atoms with Gasteiger partial charge in [-0.1, -0.05) is 13.3 Å². The number of likely N-dealkylation sites (tertiary alicyclic amines) is 1. The van der Waals surface area contributed by atoms with Gasteiger partial charge in [0.1, 0.15) is 5.78 Å². The number of carbonyl (C=O) groups is 1. The van der Waals surface area contributed by atoms with Crippen molar-refractivity contribution in [2.75, 3.05) is 19.6 Å². The molecule has 1 fully saturated rings. The molecule has 13 heavy (non-hydrogen) atoms. The second-order valence-electron chi connectivity index (χ2n) is 4.15. The molecule has 1 heterocycles. The molecular formula is C11H21NO. The third kappa shape index (κ3) is 3.90. The molecule has 0 aromatic carbocycles. The Labute approximate surface area is 81.3 Å². The zero-order valence-corrected chi connectivity index (χ0v) is 8.88. The van der Waals surface area contributed by atoms with E-state index in [2.05, 4.69) is 11.8 Å². The number of piperidine rings is 1. The summed E-state index contributed by atoms with van der Waals surface area (Å²) in [5.41, 5.74) is 0. The fourth-order valence-electron chi connectivity index (χ4n) is 1.93. The molecule has 0 spiro atoms. The van der Waals surface area contributed by atoms with Crippen LogP contribution in [0.2, 0.25) is 0 Å². The van der Waals surface area contributed by atoms with E-state index in [4.69, 9.17) is 0 Å². The number of hydrogen-bond acceptors (Lipinski definition) is 2. The van der Waals surface area contributed by atoms with E-state index in [-0.39, 0.29) is 0 Å². The van der Waals surface area contributed by atoms with Gasteiger partial charge in [0.15, 0.2) is 0 Å². The quantitative estimate of drug-likeness (QED) is 0.665. The molecule has 1 aliphatic heterocycles. The van der Waals surface area contributed by atoms with Gasteiger partial charge in [0.25, 0.3) is 0 Å². The van der Waals surface area contributed by atoms with Gasteiger partial charge in [-0.15, -0.1) is 0 Å². The van der Waals surface area contributed by atoms with Gasteiger partial charge < -0.3 is 4.90 Å². The third-order valence-electron chi connectivity index (χ3n) is 3.06. The van der Waals surface area contributed by atoms with Gasteiger partial charge >= 0.3 is 0 Å². The molecule has 1 saturated heterocycles. The number of Topliss-reactive ketones (excluding diaryl/α,β-unsaturated/α-hetero) is 1. The van der Waals surface area contributed by atoms with Crippen LogP contribution in [0, 0.1) is 5.92 Å². The lowest BCUT2D eigenvalue weighted by Crippen LogP contribution is -2.34. The average molecular weight is 183 g/mol. The molecule has 0 aromatic rings. The van der Waals surface area contributed by atoms with E-state index in [1.54, 1.807) is 6.92 Å². The molecule has 0 unspecified atom stereocenters. The number of carbonyl (C=O) groups excluding carboxylic acids is 1. The van der Waals surface area contributed by atoms with Crippen LogP contribution >= 0.6 is 0 Å². The maximum atomic E-state index is 10.8. The minimum atomic E-state index is 0.317. The van der Waals surface area contributed by atoms with Crippen molar-refractivity contribution in [3.05, 3.63) is 0 Å². The lowest BCUT2D eigenvalue weighted by Gasteiger charge is -2.31. The Morgan fingerprint density at radius 1 is 1.38 bits per heavy atom. The first kappa shape index (κ1) is 10.7. The van der Waals surface area contributed by atoms with Crippen LogP contribution in [0.25, 0.3) is 0 Å². The summed E-state index contributed by atoms with van der Waals surface area (Å²) in [6, 6.07) is 0. The normalized spacial score (nSPS) is 20.5. The highest BCUT2D eigenvalue weighted by atomic mass is 16.1. The standard InChI is InChI=1S/C11H21NO/c1-3-11-5-8-12(9-6-11)7-4-10(2)13/h11H,3-9H2,1-2H3. The molecule has 1 aliphatic rings. The molecule has 0 aromatic heterocycles. The maximum absolute atomic E-state index is 10.8. The van der Waals surface area contributed by atoms with Crippen LogP contribution in [0.3, 0.4) is 0 Å². The Morgan fingerprint density at radius 3 is 2.46 bits per heavy atom. The highest BCUT2D eigenvalue weighted by Crippen LogP contribution is 2.19. The summed E-state index contributed by atoms with van der Waals surface area (Å²) in [4.78, 5) is 13.2. The Balaban J connectivity index is 2.14. The molecule has 0 aliphatic carbocycles. The van der Waals surface area contributed by atoms with Gasteiger partial charge in [-0.3, -0.25) is 4.79 Å². The first-order chi connectivity index (χ1) is 6.22. The van der Waals surface area contributed by atoms with Crippen LogP contribution in [0.5, 0.6) is 0 Å². The van der Waals surface area contributed by atoms with Gasteiger partial charge in [0, 0.05) is 13.0 Å². The SMILES string of the molecule is CCC1CCN(CCC(C)=O)CC1. The third-order valence-corrected chi connectivity index (χ3v) is 3.06. The summed E-state index contributed by atoms with van der Waals surface area (Å²) >= 11 is 0. The van der Waals surface area contributed by atoms with Crippen molar-refractivity contribution in [1.29, 1.82) is 0 Å². The number of ketones is 1. The smallest absolute Gasteiger partial charge is 0.131 e. The first-order valence-corrected chi connectivity index (χ1v) is 5.44. The molecule has 0 bridgehead atoms. The predicted octanol–water partition coefficient (Wildman–Crippen LogP) is 2.09. The Morgan fingerprint density at radius 2 is 2.00 bits per heavy atom. The van der Waals surface area contributed by atoms with Crippen LogP contribution < -0.4 is 0 Å².